The van der Waals surface area contributed by atoms with Crippen molar-refractivity contribution in [2.45, 2.75) is 51.1 Å². The Hall–Kier alpha value is -3.80. The number of alkyl halides is 2. The minimum atomic E-state index is -3.05. The standard InChI is InChI=1S/C23H25F3N6O3/c1-11-17(19(33)22(35)31-23(6-7-23)16(27)10-29-28)15-3-2-8-32(15)18(11)21(34)30-12-4-5-14(24)13(9-12)20(25)26/h4-5,9-10,20,29H,2-3,6-8,27-28H2,1H3,(H,30,34)(H,31,35)/b16-10-. The number of rotatable bonds is 8. The Kier molecular flexibility index (Phi) is 6.32. The Labute approximate surface area is 198 Å². The minimum Gasteiger partial charge on any atom is -0.399 e. The lowest BCUT2D eigenvalue weighted by atomic mass is 10.0. The summed E-state index contributed by atoms with van der Waals surface area (Å²) in [6, 6.07) is 2.88. The van der Waals surface area contributed by atoms with Crippen LogP contribution in [0.25, 0.3) is 0 Å². The Balaban J connectivity index is 1.61. The minimum absolute atomic E-state index is 0.0169. The van der Waals surface area contributed by atoms with E-state index in [-0.39, 0.29) is 16.9 Å². The summed E-state index contributed by atoms with van der Waals surface area (Å²) in [7, 11) is 0. The summed E-state index contributed by atoms with van der Waals surface area (Å²) in [6.07, 6.45) is 0.540. The highest BCUT2D eigenvalue weighted by atomic mass is 19.3. The van der Waals surface area contributed by atoms with Gasteiger partial charge < -0.3 is 26.4 Å². The first-order valence-corrected chi connectivity index (χ1v) is 11.0. The van der Waals surface area contributed by atoms with Crippen molar-refractivity contribution in [3.8, 4) is 0 Å². The van der Waals surface area contributed by atoms with Crippen LogP contribution >= 0.6 is 0 Å². The Morgan fingerprint density at radius 3 is 2.57 bits per heavy atom. The molecule has 1 aromatic carbocycles. The van der Waals surface area contributed by atoms with E-state index in [1.807, 2.05) is 0 Å². The molecular formula is C23H25F3N6O3. The summed E-state index contributed by atoms with van der Waals surface area (Å²) in [4.78, 5) is 39.1. The first-order valence-electron chi connectivity index (χ1n) is 11.0. The second-order valence-corrected chi connectivity index (χ2v) is 8.67. The molecule has 1 fully saturated rings. The molecule has 1 aliphatic carbocycles. The van der Waals surface area contributed by atoms with Crippen LogP contribution in [0.15, 0.2) is 30.1 Å². The third kappa shape index (κ3) is 4.36. The monoisotopic (exact) mass is 490 g/mol. The second kappa shape index (κ2) is 9.10. The lowest BCUT2D eigenvalue weighted by molar-refractivity contribution is -0.117. The van der Waals surface area contributed by atoms with Gasteiger partial charge in [-0.1, -0.05) is 0 Å². The van der Waals surface area contributed by atoms with E-state index in [0.29, 0.717) is 49.2 Å². The number of Topliss-reactive ketones (excluding diaryl/α,β-unsaturated/α-hetero) is 1. The van der Waals surface area contributed by atoms with E-state index in [4.69, 9.17) is 11.6 Å². The molecule has 0 atom stereocenters. The van der Waals surface area contributed by atoms with Gasteiger partial charge in [0.1, 0.15) is 11.5 Å². The lowest BCUT2D eigenvalue weighted by Crippen LogP contribution is -2.45. The van der Waals surface area contributed by atoms with Gasteiger partial charge in [-0.2, -0.15) is 0 Å². The molecule has 1 aromatic heterocycles. The largest absolute Gasteiger partial charge is 0.399 e. The van der Waals surface area contributed by atoms with Gasteiger partial charge in [-0.15, -0.1) is 0 Å². The molecule has 0 unspecified atom stereocenters. The molecule has 2 aliphatic rings. The number of anilines is 1. The van der Waals surface area contributed by atoms with Crippen molar-refractivity contribution in [1.29, 1.82) is 0 Å². The molecule has 0 bridgehead atoms. The smallest absolute Gasteiger partial charge is 0.293 e. The number of nitrogens with two attached hydrogens (primary N) is 2. The number of carbonyl (C=O) groups excluding carboxylic acids is 3. The molecule has 1 saturated carbocycles. The van der Waals surface area contributed by atoms with Gasteiger partial charge in [0.2, 0.25) is 0 Å². The lowest BCUT2D eigenvalue weighted by Gasteiger charge is -2.17. The summed E-state index contributed by atoms with van der Waals surface area (Å²) in [5, 5.41) is 5.17. The van der Waals surface area contributed by atoms with Crippen LogP contribution in [-0.4, -0.2) is 27.7 Å². The number of benzene rings is 1. The number of hydrogen-bond acceptors (Lipinski definition) is 6. The van der Waals surface area contributed by atoms with Crippen molar-refractivity contribution < 1.29 is 27.6 Å². The van der Waals surface area contributed by atoms with Crippen LogP contribution in [0, 0.1) is 12.7 Å². The molecule has 9 nitrogen and oxygen atoms in total. The van der Waals surface area contributed by atoms with Gasteiger partial charge in [0.05, 0.1) is 22.4 Å². The Morgan fingerprint density at radius 2 is 1.94 bits per heavy atom. The van der Waals surface area contributed by atoms with Gasteiger partial charge in [-0.25, -0.2) is 13.2 Å². The summed E-state index contributed by atoms with van der Waals surface area (Å²) in [6.45, 7) is 2.00. The fourth-order valence-electron chi connectivity index (χ4n) is 4.52. The van der Waals surface area contributed by atoms with E-state index in [1.165, 1.54) is 12.3 Å². The number of nitrogens with one attached hydrogen (secondary N) is 3. The number of nitrogens with zero attached hydrogens (tertiary/aromatic N) is 1. The van der Waals surface area contributed by atoms with E-state index in [0.717, 1.165) is 12.1 Å². The Bertz CT molecular complexity index is 1250. The van der Waals surface area contributed by atoms with Crippen LogP contribution in [0.4, 0.5) is 18.9 Å². The number of hydrogen-bond donors (Lipinski definition) is 5. The molecule has 7 N–H and O–H groups in total. The molecule has 2 aromatic rings. The number of halogens is 3. The first kappa shape index (κ1) is 24.3. The fraction of sp³-hybridized carbons (Fsp3) is 0.348. The molecule has 1 aliphatic heterocycles. The zero-order valence-corrected chi connectivity index (χ0v) is 18.9. The van der Waals surface area contributed by atoms with E-state index in [2.05, 4.69) is 16.1 Å². The highest BCUT2D eigenvalue weighted by Crippen LogP contribution is 2.40. The van der Waals surface area contributed by atoms with Gasteiger partial charge in [-0.05, 0) is 56.4 Å². The van der Waals surface area contributed by atoms with Gasteiger partial charge in [0.25, 0.3) is 24.0 Å². The molecule has 0 saturated heterocycles. The van der Waals surface area contributed by atoms with Crippen molar-refractivity contribution in [3.05, 3.63) is 64.0 Å². The number of carbonyl (C=O) groups is 3. The third-order valence-corrected chi connectivity index (χ3v) is 6.44. The number of amides is 2. The highest BCUT2D eigenvalue weighted by Gasteiger charge is 2.48. The van der Waals surface area contributed by atoms with Gasteiger partial charge in [0.15, 0.2) is 0 Å². The summed E-state index contributed by atoms with van der Waals surface area (Å²) < 4.78 is 41.4. The van der Waals surface area contributed by atoms with E-state index < -0.39 is 40.9 Å². The van der Waals surface area contributed by atoms with Gasteiger partial charge in [0, 0.05) is 24.1 Å². The maximum Gasteiger partial charge on any atom is 0.293 e. The number of aromatic nitrogens is 1. The van der Waals surface area contributed by atoms with Crippen molar-refractivity contribution in [2.75, 3.05) is 5.32 Å². The number of ketones is 1. The molecule has 186 valence electrons. The molecule has 2 heterocycles. The highest BCUT2D eigenvalue weighted by molar-refractivity contribution is 6.44. The van der Waals surface area contributed by atoms with Crippen molar-refractivity contribution in [3.63, 3.8) is 0 Å². The van der Waals surface area contributed by atoms with E-state index in [1.54, 1.807) is 11.5 Å². The topological polar surface area (TPSA) is 144 Å². The second-order valence-electron chi connectivity index (χ2n) is 8.67. The van der Waals surface area contributed by atoms with Crippen LogP contribution in [0.3, 0.4) is 0 Å². The zero-order valence-electron chi connectivity index (χ0n) is 18.9. The maximum atomic E-state index is 13.6. The molecule has 2 amide bonds. The molecule has 4 rings (SSSR count). The molecule has 0 radical (unpaired) electrons. The van der Waals surface area contributed by atoms with E-state index >= 15 is 0 Å². The van der Waals surface area contributed by atoms with Crippen LogP contribution < -0.4 is 27.6 Å². The fourth-order valence-corrected chi connectivity index (χ4v) is 4.52. The Morgan fingerprint density at radius 1 is 1.23 bits per heavy atom. The van der Waals surface area contributed by atoms with Crippen LogP contribution in [0.2, 0.25) is 0 Å². The predicted octanol–water partition coefficient (Wildman–Crippen LogP) is 2.17. The molecule has 0 spiro atoms. The molecular weight excluding hydrogens is 465 g/mol. The van der Waals surface area contributed by atoms with Gasteiger partial charge in [-0.3, -0.25) is 20.2 Å². The maximum absolute atomic E-state index is 13.6. The first-order chi connectivity index (χ1) is 16.6. The number of fused-ring (bicyclic) bond motifs is 1. The third-order valence-electron chi connectivity index (χ3n) is 6.44. The van der Waals surface area contributed by atoms with Crippen LogP contribution in [-0.2, 0) is 17.8 Å². The van der Waals surface area contributed by atoms with E-state index in [9.17, 15) is 27.6 Å². The average molecular weight is 490 g/mol. The number of hydrazine groups is 1. The summed E-state index contributed by atoms with van der Waals surface area (Å²) >= 11 is 0. The summed E-state index contributed by atoms with van der Waals surface area (Å²) in [5.41, 5.74) is 7.98. The van der Waals surface area contributed by atoms with Crippen molar-refractivity contribution in [2.24, 2.45) is 11.6 Å². The van der Waals surface area contributed by atoms with Crippen LogP contribution in [0.1, 0.15) is 63.4 Å². The quantitative estimate of drug-likeness (QED) is 0.166. The summed E-state index contributed by atoms with van der Waals surface area (Å²) in [5.74, 6) is 1.86. The molecule has 12 heteroatoms. The van der Waals surface area contributed by atoms with Crippen molar-refractivity contribution in [1.82, 2.24) is 15.3 Å². The SMILES string of the molecule is Cc1c(C(=O)C(=O)NC2(/C(N)=C/NN)CC2)c2n(c1C(=O)Nc1ccc(F)c(C(F)F)c1)CCC2. The van der Waals surface area contributed by atoms with Gasteiger partial charge >= 0.3 is 0 Å². The van der Waals surface area contributed by atoms with Crippen LogP contribution in [0.5, 0.6) is 0 Å². The average Bonchev–Trinajstić information content (AvgIpc) is 3.34. The molecule has 35 heavy (non-hydrogen) atoms. The predicted molar refractivity (Wildman–Crippen MR) is 121 cm³/mol. The van der Waals surface area contributed by atoms with Crippen molar-refractivity contribution >= 4 is 23.3 Å². The zero-order chi connectivity index (χ0) is 25.5. The normalized spacial score (nSPS) is 16.1.